The zero-order valence-corrected chi connectivity index (χ0v) is 23.2. The smallest absolute Gasteiger partial charge is 0.00518 e. The monoisotopic (exact) mass is 474 g/mol. The van der Waals surface area contributed by atoms with Crippen LogP contribution in [0.15, 0.2) is 48.6 Å². The van der Waals surface area contributed by atoms with E-state index in [4.69, 9.17) is 0 Å². The van der Waals surface area contributed by atoms with Crippen LogP contribution >= 0.6 is 0 Å². The molecule has 2 saturated carbocycles. The molecule has 0 amide bonds. The van der Waals surface area contributed by atoms with Gasteiger partial charge in [0.15, 0.2) is 0 Å². The summed E-state index contributed by atoms with van der Waals surface area (Å²) in [4.78, 5) is 0. The molecule has 0 aliphatic heterocycles. The molecule has 0 heteroatoms. The summed E-state index contributed by atoms with van der Waals surface area (Å²) < 4.78 is 0. The number of hydrogen-bond acceptors (Lipinski definition) is 0. The summed E-state index contributed by atoms with van der Waals surface area (Å²) in [6, 6.07) is 11.1. The Kier molecular flexibility index (Phi) is 10.6. The molecule has 0 N–H and O–H groups in total. The first-order valence-electron chi connectivity index (χ1n) is 15.7. The van der Waals surface area contributed by atoms with E-state index in [1.54, 1.807) is 0 Å². The normalized spacial score (nSPS) is 31.3. The van der Waals surface area contributed by atoms with Crippen molar-refractivity contribution in [2.24, 2.45) is 29.1 Å². The Morgan fingerprint density at radius 3 is 1.89 bits per heavy atom. The lowest BCUT2D eigenvalue weighted by molar-refractivity contribution is 0.116. The second kappa shape index (κ2) is 13.9. The van der Waals surface area contributed by atoms with Gasteiger partial charge >= 0.3 is 0 Å². The third-order valence-electron chi connectivity index (χ3n) is 10.2. The van der Waals surface area contributed by atoms with Crippen molar-refractivity contribution in [2.45, 2.75) is 129 Å². The molecule has 0 aromatic heterocycles. The number of benzene rings is 1. The van der Waals surface area contributed by atoms with Crippen LogP contribution in [-0.4, -0.2) is 0 Å². The van der Waals surface area contributed by atoms with Gasteiger partial charge in [-0.2, -0.15) is 0 Å². The van der Waals surface area contributed by atoms with Crippen LogP contribution in [0.2, 0.25) is 0 Å². The van der Waals surface area contributed by atoms with Crippen molar-refractivity contribution < 1.29 is 0 Å². The molecular formula is C35H54. The number of rotatable bonds is 12. The average Bonchev–Trinajstić information content (AvgIpc) is 2.93. The van der Waals surface area contributed by atoms with Crippen LogP contribution in [0.4, 0.5) is 0 Å². The van der Waals surface area contributed by atoms with Crippen molar-refractivity contribution in [1.82, 2.24) is 0 Å². The van der Waals surface area contributed by atoms with E-state index in [0.717, 1.165) is 23.7 Å². The SMILES string of the molecule is CCCCC[C@H]1CC[C@H](C2(CC[C@H]3CC[C@H](CCCC)CC3)C=CC(c3ccccc3)=CC2)CC1. The Hall–Kier alpha value is -1.30. The van der Waals surface area contributed by atoms with E-state index in [2.05, 4.69) is 62.4 Å². The molecule has 3 aliphatic carbocycles. The third-order valence-corrected chi connectivity index (χ3v) is 10.2. The van der Waals surface area contributed by atoms with Gasteiger partial charge in [-0.1, -0.05) is 146 Å². The maximum absolute atomic E-state index is 2.71. The van der Waals surface area contributed by atoms with Crippen LogP contribution in [0.1, 0.15) is 135 Å². The van der Waals surface area contributed by atoms with Crippen molar-refractivity contribution in [3.05, 3.63) is 54.1 Å². The van der Waals surface area contributed by atoms with Gasteiger partial charge in [-0.15, -0.1) is 0 Å². The minimum atomic E-state index is 0.422. The summed E-state index contributed by atoms with van der Waals surface area (Å²) in [5.74, 6) is 3.93. The average molecular weight is 475 g/mol. The fourth-order valence-corrected chi connectivity index (χ4v) is 7.71. The maximum atomic E-state index is 2.71. The molecule has 2 fully saturated rings. The predicted molar refractivity (Wildman–Crippen MR) is 154 cm³/mol. The van der Waals surface area contributed by atoms with Gasteiger partial charge in [0.1, 0.15) is 0 Å². The van der Waals surface area contributed by atoms with Gasteiger partial charge in [0.05, 0.1) is 0 Å². The fraction of sp³-hybridized carbons (Fsp3) is 0.714. The molecule has 1 aromatic rings. The second-order valence-electron chi connectivity index (χ2n) is 12.6. The molecular weight excluding hydrogens is 420 g/mol. The highest BCUT2D eigenvalue weighted by Crippen LogP contribution is 2.51. The third kappa shape index (κ3) is 7.60. The lowest BCUT2D eigenvalue weighted by Gasteiger charge is -2.44. The van der Waals surface area contributed by atoms with Crippen molar-refractivity contribution in [2.75, 3.05) is 0 Å². The van der Waals surface area contributed by atoms with Gasteiger partial charge < -0.3 is 0 Å². The van der Waals surface area contributed by atoms with E-state index in [-0.39, 0.29) is 0 Å². The molecule has 1 atom stereocenters. The molecule has 4 rings (SSSR count). The number of unbranched alkanes of at least 4 members (excludes halogenated alkanes) is 3. The van der Waals surface area contributed by atoms with Crippen molar-refractivity contribution in [1.29, 1.82) is 0 Å². The number of hydrogen-bond donors (Lipinski definition) is 0. The molecule has 3 aliphatic rings. The lowest BCUT2D eigenvalue weighted by Crippen LogP contribution is -2.33. The van der Waals surface area contributed by atoms with Crippen LogP contribution in [0.3, 0.4) is 0 Å². The molecule has 0 nitrogen and oxygen atoms in total. The minimum Gasteiger partial charge on any atom is -0.0771 e. The summed E-state index contributed by atoms with van der Waals surface area (Å²) in [5.41, 5.74) is 3.26. The largest absolute Gasteiger partial charge is 0.0771 e. The zero-order chi connectivity index (χ0) is 24.3. The van der Waals surface area contributed by atoms with E-state index in [0.29, 0.717) is 5.41 Å². The van der Waals surface area contributed by atoms with Crippen LogP contribution in [0.5, 0.6) is 0 Å². The molecule has 1 unspecified atom stereocenters. The first-order chi connectivity index (χ1) is 17.2. The summed E-state index contributed by atoms with van der Waals surface area (Å²) in [6.45, 7) is 4.68. The standard InChI is InChI=1S/C35H54/c1-3-5-8-12-30-19-21-34(22-20-30)35(26-23-31-17-15-29(16-18-31)11-6-4-2)27-24-33(25-28-35)32-13-9-7-10-14-32/h7,9-10,13-14,24-25,27,29-31,34H,3-6,8,11-12,15-23,26,28H2,1-2H3/t29-,30-,31-,34-,35?. The van der Waals surface area contributed by atoms with Gasteiger partial charge in [-0.3, -0.25) is 0 Å². The molecule has 0 saturated heterocycles. The predicted octanol–water partition coefficient (Wildman–Crippen LogP) is 11.2. The Morgan fingerprint density at radius 2 is 1.29 bits per heavy atom. The zero-order valence-electron chi connectivity index (χ0n) is 23.2. The fourth-order valence-electron chi connectivity index (χ4n) is 7.71. The van der Waals surface area contributed by atoms with Crippen molar-refractivity contribution in [3.63, 3.8) is 0 Å². The Labute approximate surface area is 218 Å². The maximum Gasteiger partial charge on any atom is -0.00518 e. The van der Waals surface area contributed by atoms with Crippen LogP contribution < -0.4 is 0 Å². The van der Waals surface area contributed by atoms with Gasteiger partial charge in [0, 0.05) is 0 Å². The van der Waals surface area contributed by atoms with E-state index in [9.17, 15) is 0 Å². The van der Waals surface area contributed by atoms with E-state index >= 15 is 0 Å². The molecule has 1 aromatic carbocycles. The molecule has 194 valence electrons. The number of allylic oxidation sites excluding steroid dienone is 4. The van der Waals surface area contributed by atoms with Crippen LogP contribution in [0, 0.1) is 29.1 Å². The highest BCUT2D eigenvalue weighted by Gasteiger charge is 2.39. The molecule has 35 heavy (non-hydrogen) atoms. The molecule has 0 heterocycles. The van der Waals surface area contributed by atoms with E-state index in [1.807, 2.05) is 0 Å². The summed E-state index contributed by atoms with van der Waals surface area (Å²) >= 11 is 0. The summed E-state index contributed by atoms with van der Waals surface area (Å²) in [5, 5.41) is 0. The summed E-state index contributed by atoms with van der Waals surface area (Å²) in [7, 11) is 0. The lowest BCUT2D eigenvalue weighted by atomic mass is 9.60. The van der Waals surface area contributed by atoms with Gasteiger partial charge in [-0.25, -0.2) is 0 Å². The highest BCUT2D eigenvalue weighted by atomic mass is 14.4. The first-order valence-corrected chi connectivity index (χ1v) is 15.7. The molecule has 0 spiro atoms. The quantitative estimate of drug-likeness (QED) is 0.264. The van der Waals surface area contributed by atoms with Crippen LogP contribution in [-0.2, 0) is 0 Å². The van der Waals surface area contributed by atoms with E-state index < -0.39 is 0 Å². The summed E-state index contributed by atoms with van der Waals surface area (Å²) in [6.07, 6.45) is 34.0. The van der Waals surface area contributed by atoms with Gasteiger partial charge in [0.25, 0.3) is 0 Å². The first kappa shape index (κ1) is 26.8. The second-order valence-corrected chi connectivity index (χ2v) is 12.6. The molecule has 0 bridgehead atoms. The Morgan fingerprint density at radius 1 is 0.686 bits per heavy atom. The highest BCUT2D eigenvalue weighted by molar-refractivity contribution is 5.75. The van der Waals surface area contributed by atoms with Crippen molar-refractivity contribution in [3.8, 4) is 0 Å². The van der Waals surface area contributed by atoms with Crippen molar-refractivity contribution >= 4 is 5.57 Å². The van der Waals surface area contributed by atoms with Crippen LogP contribution in [0.25, 0.3) is 5.57 Å². The topological polar surface area (TPSA) is 0 Å². The van der Waals surface area contributed by atoms with Gasteiger partial charge in [-0.05, 0) is 72.3 Å². The van der Waals surface area contributed by atoms with E-state index in [1.165, 1.54) is 127 Å². The Balaban J connectivity index is 1.37. The molecule has 0 radical (unpaired) electrons. The minimum absolute atomic E-state index is 0.422. The van der Waals surface area contributed by atoms with Gasteiger partial charge in [0.2, 0.25) is 0 Å². The Bertz CT molecular complexity index is 770.